The Bertz CT molecular complexity index is 176. The molecule has 0 spiro atoms. The van der Waals surface area contributed by atoms with E-state index >= 15 is 0 Å². The van der Waals surface area contributed by atoms with E-state index in [0.29, 0.717) is 0 Å². The first kappa shape index (κ1) is 7.54. The molecule has 0 amide bonds. The number of aromatic nitrogens is 2. The first-order valence-corrected chi connectivity index (χ1v) is 4.43. The van der Waals surface area contributed by atoms with Gasteiger partial charge < -0.3 is 0 Å². The highest BCUT2D eigenvalue weighted by molar-refractivity contribution is 7.98. The van der Waals surface area contributed by atoms with Crippen LogP contribution in [0.3, 0.4) is 0 Å². The predicted octanol–water partition coefficient (Wildman–Crippen LogP) is 1.73. The molecule has 1 aromatic heterocycles. The predicted molar refractivity (Wildman–Crippen MR) is 43.9 cm³/mol. The number of hydrogen-bond donors (Lipinski definition) is 0. The molecule has 0 fully saturated rings. The van der Waals surface area contributed by atoms with E-state index in [-0.39, 0.29) is 0 Å². The van der Waals surface area contributed by atoms with Gasteiger partial charge >= 0.3 is 0 Å². The molecule has 10 heavy (non-hydrogen) atoms. The van der Waals surface area contributed by atoms with E-state index in [0.717, 1.165) is 17.2 Å². The zero-order chi connectivity index (χ0) is 7.23. The Morgan fingerprint density at radius 2 is 2.50 bits per heavy atom. The van der Waals surface area contributed by atoms with E-state index in [4.69, 9.17) is 0 Å². The molecule has 0 aromatic carbocycles. The van der Waals surface area contributed by atoms with Crippen molar-refractivity contribution in [1.29, 1.82) is 0 Å². The minimum Gasteiger partial charge on any atom is -0.159 e. The van der Waals surface area contributed by atoms with Crippen molar-refractivity contribution in [2.75, 3.05) is 5.75 Å². The highest BCUT2D eigenvalue weighted by Crippen LogP contribution is 2.06. The summed E-state index contributed by atoms with van der Waals surface area (Å²) >= 11 is 1.86. The molecule has 0 aliphatic heterocycles. The van der Waals surface area contributed by atoms with Crippen LogP contribution in [0.2, 0.25) is 0 Å². The van der Waals surface area contributed by atoms with Crippen molar-refractivity contribution in [3.05, 3.63) is 24.0 Å². The monoisotopic (exact) mass is 154 g/mol. The zero-order valence-electron chi connectivity index (χ0n) is 5.95. The molecular weight excluding hydrogens is 144 g/mol. The Hall–Kier alpha value is -0.570. The van der Waals surface area contributed by atoms with Crippen LogP contribution >= 0.6 is 11.8 Å². The summed E-state index contributed by atoms with van der Waals surface area (Å²) in [6.07, 6.45) is 1.69. The summed E-state index contributed by atoms with van der Waals surface area (Å²) in [7, 11) is 0. The number of nitrogens with zero attached hydrogens (tertiary/aromatic N) is 2. The van der Waals surface area contributed by atoms with Gasteiger partial charge in [-0.1, -0.05) is 6.92 Å². The van der Waals surface area contributed by atoms with E-state index < -0.39 is 0 Å². The Balaban J connectivity index is 2.43. The van der Waals surface area contributed by atoms with Crippen molar-refractivity contribution < 1.29 is 0 Å². The normalized spacial score (nSPS) is 9.70. The average molecular weight is 154 g/mol. The molecule has 0 radical (unpaired) electrons. The van der Waals surface area contributed by atoms with Gasteiger partial charge in [0.2, 0.25) is 0 Å². The van der Waals surface area contributed by atoms with Crippen molar-refractivity contribution in [2.24, 2.45) is 0 Å². The van der Waals surface area contributed by atoms with Crippen molar-refractivity contribution in [2.45, 2.75) is 12.7 Å². The van der Waals surface area contributed by atoms with Gasteiger partial charge in [0.25, 0.3) is 0 Å². The van der Waals surface area contributed by atoms with Gasteiger partial charge in [0.05, 0.1) is 5.69 Å². The van der Waals surface area contributed by atoms with Gasteiger partial charge in [-0.25, -0.2) is 0 Å². The van der Waals surface area contributed by atoms with Crippen LogP contribution in [0.1, 0.15) is 12.6 Å². The van der Waals surface area contributed by atoms with Gasteiger partial charge in [-0.05, 0) is 17.9 Å². The Labute approximate surface area is 65.1 Å². The average Bonchev–Trinajstić information content (AvgIpc) is 2.03. The molecule has 1 heterocycles. The Morgan fingerprint density at radius 3 is 3.10 bits per heavy atom. The Morgan fingerprint density at radius 1 is 1.60 bits per heavy atom. The fourth-order valence-electron chi connectivity index (χ4n) is 0.617. The third-order valence-corrected chi connectivity index (χ3v) is 1.99. The van der Waals surface area contributed by atoms with Crippen LogP contribution in [0.25, 0.3) is 0 Å². The van der Waals surface area contributed by atoms with Gasteiger partial charge in [0, 0.05) is 11.9 Å². The van der Waals surface area contributed by atoms with Gasteiger partial charge in [-0.3, -0.25) is 0 Å². The van der Waals surface area contributed by atoms with E-state index in [1.807, 2.05) is 23.9 Å². The van der Waals surface area contributed by atoms with Crippen LogP contribution in [-0.4, -0.2) is 16.0 Å². The molecule has 0 saturated heterocycles. The van der Waals surface area contributed by atoms with Crippen LogP contribution in [0, 0.1) is 0 Å². The second-order valence-electron chi connectivity index (χ2n) is 1.85. The minimum atomic E-state index is 0.977. The Kier molecular flexibility index (Phi) is 3.22. The maximum Gasteiger partial charge on any atom is 0.0729 e. The molecule has 2 nitrogen and oxygen atoms in total. The van der Waals surface area contributed by atoms with Crippen molar-refractivity contribution in [3.8, 4) is 0 Å². The smallest absolute Gasteiger partial charge is 0.0729 e. The molecule has 1 rings (SSSR count). The van der Waals surface area contributed by atoms with Gasteiger partial charge in [0.1, 0.15) is 0 Å². The van der Waals surface area contributed by atoms with Crippen molar-refractivity contribution in [1.82, 2.24) is 10.2 Å². The van der Waals surface area contributed by atoms with Crippen LogP contribution in [0.4, 0.5) is 0 Å². The molecule has 0 aliphatic carbocycles. The molecule has 0 aliphatic rings. The molecule has 0 saturated carbocycles. The zero-order valence-corrected chi connectivity index (χ0v) is 6.77. The second kappa shape index (κ2) is 4.28. The molecule has 54 valence electrons. The summed E-state index contributed by atoms with van der Waals surface area (Å²) in [5.41, 5.74) is 1.06. The number of thioether (sulfide) groups is 1. The molecular formula is C7H10N2S. The van der Waals surface area contributed by atoms with Gasteiger partial charge in [-0.2, -0.15) is 22.0 Å². The fraction of sp³-hybridized carbons (Fsp3) is 0.429. The summed E-state index contributed by atoms with van der Waals surface area (Å²) < 4.78 is 0. The van der Waals surface area contributed by atoms with E-state index in [9.17, 15) is 0 Å². The molecule has 0 atom stereocenters. The van der Waals surface area contributed by atoms with Crippen molar-refractivity contribution >= 4 is 11.8 Å². The third-order valence-electron chi connectivity index (χ3n) is 1.08. The quantitative estimate of drug-likeness (QED) is 0.663. The van der Waals surface area contributed by atoms with Crippen LogP contribution in [-0.2, 0) is 5.75 Å². The summed E-state index contributed by atoms with van der Waals surface area (Å²) in [6, 6.07) is 3.91. The fourth-order valence-corrected chi connectivity index (χ4v) is 1.18. The lowest BCUT2D eigenvalue weighted by Gasteiger charge is -1.94. The van der Waals surface area contributed by atoms with E-state index in [1.165, 1.54) is 0 Å². The minimum absolute atomic E-state index is 0.977. The summed E-state index contributed by atoms with van der Waals surface area (Å²) in [5, 5.41) is 7.72. The largest absolute Gasteiger partial charge is 0.159 e. The van der Waals surface area contributed by atoms with Crippen LogP contribution < -0.4 is 0 Å². The topological polar surface area (TPSA) is 25.8 Å². The van der Waals surface area contributed by atoms with E-state index in [2.05, 4.69) is 17.1 Å². The molecule has 0 bridgehead atoms. The summed E-state index contributed by atoms with van der Waals surface area (Å²) in [6.45, 7) is 2.14. The number of hydrogen-bond acceptors (Lipinski definition) is 3. The maximum atomic E-state index is 3.95. The van der Waals surface area contributed by atoms with Gasteiger partial charge in [0.15, 0.2) is 0 Å². The summed E-state index contributed by atoms with van der Waals surface area (Å²) in [5.74, 6) is 2.11. The SMILES string of the molecule is CCSCc1cccnn1. The molecule has 3 heteroatoms. The van der Waals surface area contributed by atoms with Crippen molar-refractivity contribution in [3.63, 3.8) is 0 Å². The lowest BCUT2D eigenvalue weighted by atomic mass is 10.4. The lowest BCUT2D eigenvalue weighted by Crippen LogP contribution is -1.87. The summed E-state index contributed by atoms with van der Waals surface area (Å²) in [4.78, 5) is 0. The van der Waals surface area contributed by atoms with E-state index in [1.54, 1.807) is 6.20 Å². The molecule has 1 aromatic rings. The third kappa shape index (κ3) is 2.35. The number of rotatable bonds is 3. The van der Waals surface area contributed by atoms with Crippen LogP contribution in [0.5, 0.6) is 0 Å². The maximum absolute atomic E-state index is 3.95. The first-order valence-electron chi connectivity index (χ1n) is 3.28. The highest BCUT2D eigenvalue weighted by Gasteiger charge is 1.90. The lowest BCUT2D eigenvalue weighted by molar-refractivity contribution is 0.971. The standard InChI is InChI=1S/C7H10N2S/c1-2-10-6-7-4-3-5-8-9-7/h3-5H,2,6H2,1H3. The van der Waals surface area contributed by atoms with Gasteiger partial charge in [-0.15, -0.1) is 0 Å². The highest BCUT2D eigenvalue weighted by atomic mass is 32.2. The molecule has 0 unspecified atom stereocenters. The van der Waals surface area contributed by atoms with Crippen LogP contribution in [0.15, 0.2) is 18.3 Å². The second-order valence-corrected chi connectivity index (χ2v) is 3.13. The molecule has 0 N–H and O–H groups in total. The first-order chi connectivity index (χ1) is 4.93.